The topological polar surface area (TPSA) is 45.1 Å². The van der Waals surface area contributed by atoms with Gasteiger partial charge in [0, 0.05) is 15.8 Å². The van der Waals surface area contributed by atoms with Crippen LogP contribution in [-0.4, -0.2) is 22.7 Å². The lowest BCUT2D eigenvalue weighted by molar-refractivity contribution is 0.281. The van der Waals surface area contributed by atoms with E-state index in [4.69, 9.17) is 16.7 Å². The van der Waals surface area contributed by atoms with Crippen LogP contribution in [0.25, 0.3) is 0 Å². The van der Waals surface area contributed by atoms with Crippen molar-refractivity contribution in [3.63, 3.8) is 0 Å². The first-order valence-electron chi connectivity index (χ1n) is 3.82. The number of hydrogen-bond acceptors (Lipinski definition) is 3. The van der Waals surface area contributed by atoms with Crippen LogP contribution in [0.5, 0.6) is 0 Å². The smallest absolute Gasteiger partial charge is 0.127 e. The zero-order valence-corrected chi connectivity index (χ0v) is 11.5. The monoisotopic (exact) mass is 346 g/mol. The number of aromatic nitrogens is 1. The third-order valence-corrected chi connectivity index (χ3v) is 2.99. The summed E-state index contributed by atoms with van der Waals surface area (Å²) >= 11 is 7.94. The van der Waals surface area contributed by atoms with Gasteiger partial charge in [-0.3, -0.25) is 0 Å². The number of anilines is 1. The van der Waals surface area contributed by atoms with E-state index in [1.54, 1.807) is 6.20 Å². The molecule has 0 spiro atoms. The molecule has 1 aromatic rings. The minimum Gasteiger partial charge on any atom is -0.394 e. The van der Waals surface area contributed by atoms with Crippen LogP contribution in [0.1, 0.15) is 6.92 Å². The minimum absolute atomic E-state index is 0. The Morgan fingerprint density at radius 2 is 2.36 bits per heavy atom. The third kappa shape index (κ3) is 4.20. The maximum atomic E-state index is 8.80. The second-order valence-electron chi connectivity index (χ2n) is 2.71. The number of aliphatic hydroxyl groups excluding tert-OH is 1. The first-order chi connectivity index (χ1) is 6.13. The Morgan fingerprint density at radius 3 is 2.86 bits per heavy atom. The molecule has 1 heterocycles. The van der Waals surface area contributed by atoms with Crippen LogP contribution in [0.3, 0.4) is 0 Å². The number of rotatable bonds is 3. The van der Waals surface area contributed by atoms with Gasteiger partial charge in [-0.25, -0.2) is 4.98 Å². The molecule has 80 valence electrons. The average Bonchev–Trinajstić information content (AvgIpc) is 2.11. The molecule has 0 aliphatic carbocycles. The molecular weight excluding hydrogens is 335 g/mol. The summed E-state index contributed by atoms with van der Waals surface area (Å²) < 4.78 is 0.946. The van der Waals surface area contributed by atoms with E-state index in [1.165, 1.54) is 0 Å². The van der Waals surface area contributed by atoms with Crippen LogP contribution in [0.15, 0.2) is 12.3 Å². The summed E-state index contributed by atoms with van der Waals surface area (Å²) in [6.07, 6.45) is 1.59. The highest BCUT2D eigenvalue weighted by atomic mass is 127. The van der Waals surface area contributed by atoms with E-state index in [0.717, 1.165) is 9.39 Å². The largest absolute Gasteiger partial charge is 0.394 e. The zero-order valence-electron chi connectivity index (χ0n) is 7.59. The fourth-order valence-corrected chi connectivity index (χ4v) is 1.33. The van der Waals surface area contributed by atoms with Crippen molar-refractivity contribution in [2.75, 3.05) is 11.9 Å². The number of pyridine rings is 1. The van der Waals surface area contributed by atoms with Gasteiger partial charge in [-0.1, -0.05) is 11.6 Å². The first kappa shape index (κ1) is 14.3. The summed E-state index contributed by atoms with van der Waals surface area (Å²) in [7, 11) is 0. The Balaban J connectivity index is 0.00000169. The number of hydrogen-bond donors (Lipinski definition) is 2. The normalized spacial score (nSPS) is 11.7. The standard InChI is InChI=1S/C8H10ClIN2O.H2S/c1-5(4-13)12-8-2-7(10)6(9)3-11-8;/h2-3,5,13H,4H2,1H3,(H,11,12);1H2/t5-;/m0./s1. The molecule has 6 heteroatoms. The molecule has 0 radical (unpaired) electrons. The molecule has 0 aliphatic rings. The van der Waals surface area contributed by atoms with Crippen molar-refractivity contribution in [3.05, 3.63) is 20.9 Å². The SMILES string of the molecule is C[C@@H](CO)Nc1cc(I)c(Cl)cn1.S. The molecule has 0 aromatic carbocycles. The Morgan fingerprint density at radius 1 is 1.71 bits per heavy atom. The number of halogens is 2. The van der Waals surface area contributed by atoms with Crippen molar-refractivity contribution < 1.29 is 5.11 Å². The molecule has 14 heavy (non-hydrogen) atoms. The Labute approximate surface area is 109 Å². The van der Waals surface area contributed by atoms with Gasteiger partial charge in [0.2, 0.25) is 0 Å². The van der Waals surface area contributed by atoms with Gasteiger partial charge in [-0.2, -0.15) is 13.5 Å². The molecule has 0 saturated carbocycles. The molecule has 0 amide bonds. The first-order valence-corrected chi connectivity index (χ1v) is 5.27. The molecule has 0 bridgehead atoms. The van der Waals surface area contributed by atoms with Gasteiger partial charge in [0.25, 0.3) is 0 Å². The van der Waals surface area contributed by atoms with Gasteiger partial charge in [-0.15, -0.1) is 0 Å². The van der Waals surface area contributed by atoms with Gasteiger partial charge in [0.05, 0.1) is 11.6 Å². The molecule has 0 saturated heterocycles. The molecule has 1 aromatic heterocycles. The second kappa shape index (κ2) is 6.71. The lowest BCUT2D eigenvalue weighted by atomic mass is 10.3. The van der Waals surface area contributed by atoms with E-state index >= 15 is 0 Å². The molecule has 0 fully saturated rings. The maximum absolute atomic E-state index is 8.80. The average molecular weight is 347 g/mol. The van der Waals surface area contributed by atoms with Gasteiger partial charge in [0.1, 0.15) is 5.82 Å². The quantitative estimate of drug-likeness (QED) is 0.825. The minimum atomic E-state index is 0. The summed E-state index contributed by atoms with van der Waals surface area (Å²) in [5.74, 6) is 0.732. The number of aliphatic hydroxyl groups is 1. The van der Waals surface area contributed by atoms with Crippen LogP contribution in [0.4, 0.5) is 5.82 Å². The van der Waals surface area contributed by atoms with Crippen molar-refractivity contribution in [2.45, 2.75) is 13.0 Å². The lowest BCUT2D eigenvalue weighted by Crippen LogP contribution is -2.19. The molecule has 1 rings (SSSR count). The lowest BCUT2D eigenvalue weighted by Gasteiger charge is -2.11. The van der Waals surface area contributed by atoms with E-state index in [1.807, 2.05) is 13.0 Å². The van der Waals surface area contributed by atoms with Crippen LogP contribution >= 0.6 is 47.7 Å². The predicted octanol–water partition coefficient (Wildman–Crippen LogP) is 2.25. The van der Waals surface area contributed by atoms with Crippen molar-refractivity contribution in [1.82, 2.24) is 4.98 Å². The summed E-state index contributed by atoms with van der Waals surface area (Å²) in [4.78, 5) is 4.07. The fourth-order valence-electron chi connectivity index (χ4n) is 0.791. The molecule has 3 nitrogen and oxygen atoms in total. The van der Waals surface area contributed by atoms with Crippen LogP contribution in [-0.2, 0) is 0 Å². The van der Waals surface area contributed by atoms with Crippen molar-refractivity contribution in [1.29, 1.82) is 0 Å². The summed E-state index contributed by atoms with van der Waals surface area (Å²) in [6.45, 7) is 1.96. The molecule has 2 N–H and O–H groups in total. The molecular formula is C8H12ClIN2OS. The second-order valence-corrected chi connectivity index (χ2v) is 4.28. The number of nitrogens with one attached hydrogen (secondary N) is 1. The summed E-state index contributed by atoms with van der Waals surface area (Å²) in [6, 6.07) is 1.85. The van der Waals surface area contributed by atoms with Crippen molar-refractivity contribution in [2.24, 2.45) is 0 Å². The molecule has 0 aliphatic heterocycles. The van der Waals surface area contributed by atoms with Crippen LogP contribution in [0, 0.1) is 3.57 Å². The Hall–Kier alpha value is 0.280. The van der Waals surface area contributed by atoms with E-state index in [0.29, 0.717) is 5.02 Å². The van der Waals surface area contributed by atoms with Gasteiger partial charge < -0.3 is 10.4 Å². The predicted molar refractivity (Wildman–Crippen MR) is 72.5 cm³/mol. The Bertz CT molecular complexity index is 301. The summed E-state index contributed by atoms with van der Waals surface area (Å²) in [5, 5.41) is 12.5. The zero-order chi connectivity index (χ0) is 9.84. The highest BCUT2D eigenvalue weighted by Crippen LogP contribution is 2.19. The highest BCUT2D eigenvalue weighted by molar-refractivity contribution is 14.1. The highest BCUT2D eigenvalue weighted by Gasteiger charge is 2.03. The molecule has 1 atom stereocenters. The van der Waals surface area contributed by atoms with Gasteiger partial charge >= 0.3 is 0 Å². The van der Waals surface area contributed by atoms with Crippen molar-refractivity contribution in [3.8, 4) is 0 Å². The maximum Gasteiger partial charge on any atom is 0.127 e. The van der Waals surface area contributed by atoms with Crippen LogP contribution < -0.4 is 5.32 Å². The number of nitrogens with zero attached hydrogens (tertiary/aromatic N) is 1. The van der Waals surface area contributed by atoms with E-state index in [9.17, 15) is 0 Å². The van der Waals surface area contributed by atoms with Crippen LogP contribution in [0.2, 0.25) is 5.02 Å². The van der Waals surface area contributed by atoms with E-state index in [-0.39, 0.29) is 26.1 Å². The van der Waals surface area contributed by atoms with E-state index in [2.05, 4.69) is 32.9 Å². The van der Waals surface area contributed by atoms with Crippen molar-refractivity contribution >= 4 is 53.5 Å². The third-order valence-electron chi connectivity index (χ3n) is 1.48. The van der Waals surface area contributed by atoms with E-state index < -0.39 is 0 Å². The Kier molecular flexibility index (Phi) is 6.84. The summed E-state index contributed by atoms with van der Waals surface area (Å²) in [5.41, 5.74) is 0. The van der Waals surface area contributed by atoms with Gasteiger partial charge in [0.15, 0.2) is 0 Å². The van der Waals surface area contributed by atoms with Gasteiger partial charge in [-0.05, 0) is 35.6 Å². The fraction of sp³-hybridized carbons (Fsp3) is 0.375. The molecule has 0 unspecified atom stereocenters.